The Bertz CT molecular complexity index is 330. The fourth-order valence-electron chi connectivity index (χ4n) is 1.43. The lowest BCUT2D eigenvalue weighted by Gasteiger charge is -1.98. The number of aliphatic hydroxyl groups is 1. The molecule has 2 rings (SSSR count). The Labute approximate surface area is 67.6 Å². The molecule has 1 aromatic rings. The molecule has 1 aliphatic rings. The third-order valence-electron chi connectivity index (χ3n) is 1.98. The summed E-state index contributed by atoms with van der Waals surface area (Å²) in [4.78, 5) is 10.5. The third kappa shape index (κ3) is 0.831. The summed E-state index contributed by atoms with van der Waals surface area (Å²) in [7, 11) is 0. The monoisotopic (exact) mass is 169 g/mol. The first kappa shape index (κ1) is 7.30. The van der Waals surface area contributed by atoms with Crippen molar-refractivity contribution in [2.24, 2.45) is 0 Å². The first-order chi connectivity index (χ1) is 5.70. The van der Waals surface area contributed by atoms with Crippen LogP contribution in [0.15, 0.2) is 4.52 Å². The quantitative estimate of drug-likeness (QED) is 0.633. The van der Waals surface area contributed by atoms with Crippen LogP contribution in [-0.4, -0.2) is 21.3 Å². The van der Waals surface area contributed by atoms with Gasteiger partial charge < -0.3 is 14.7 Å². The minimum absolute atomic E-state index is 0.227. The Morgan fingerprint density at radius 2 is 2.42 bits per heavy atom. The number of carbonyl (C=O) groups is 1. The van der Waals surface area contributed by atoms with Crippen molar-refractivity contribution >= 4 is 5.97 Å². The van der Waals surface area contributed by atoms with Crippen LogP contribution in [0, 0.1) is 0 Å². The van der Waals surface area contributed by atoms with Crippen LogP contribution >= 0.6 is 0 Å². The van der Waals surface area contributed by atoms with Gasteiger partial charge in [-0.1, -0.05) is 5.16 Å². The van der Waals surface area contributed by atoms with Gasteiger partial charge >= 0.3 is 5.97 Å². The zero-order chi connectivity index (χ0) is 8.72. The van der Waals surface area contributed by atoms with E-state index in [9.17, 15) is 9.90 Å². The molecule has 64 valence electrons. The number of carboxylic acid groups (broad SMARTS) is 1. The van der Waals surface area contributed by atoms with Gasteiger partial charge in [0.25, 0.3) is 0 Å². The highest BCUT2D eigenvalue weighted by Crippen LogP contribution is 2.32. The highest BCUT2D eigenvalue weighted by Gasteiger charge is 2.31. The zero-order valence-electron chi connectivity index (χ0n) is 6.15. The molecule has 1 aliphatic carbocycles. The van der Waals surface area contributed by atoms with Gasteiger partial charge in [0.15, 0.2) is 0 Å². The summed E-state index contributed by atoms with van der Waals surface area (Å²) in [5.41, 5.74) is 0.919. The molecule has 0 radical (unpaired) electrons. The van der Waals surface area contributed by atoms with E-state index in [0.717, 1.165) is 0 Å². The number of hydrogen-bond acceptors (Lipinski definition) is 4. The van der Waals surface area contributed by atoms with Gasteiger partial charge in [0.05, 0.1) is 17.4 Å². The predicted octanol–water partition coefficient (Wildman–Crippen LogP) is 0.352. The summed E-state index contributed by atoms with van der Waals surface area (Å²) in [5, 5.41) is 21.5. The molecule has 1 aromatic heterocycles. The number of aromatic nitrogens is 1. The molecule has 12 heavy (non-hydrogen) atoms. The summed E-state index contributed by atoms with van der Waals surface area (Å²) < 4.78 is 4.56. The Hall–Kier alpha value is -1.36. The van der Waals surface area contributed by atoms with E-state index in [-0.39, 0.29) is 5.76 Å². The van der Waals surface area contributed by atoms with E-state index >= 15 is 0 Å². The van der Waals surface area contributed by atoms with Crippen LogP contribution in [0.2, 0.25) is 0 Å². The second-order valence-electron chi connectivity index (χ2n) is 2.73. The fourth-order valence-corrected chi connectivity index (χ4v) is 1.43. The van der Waals surface area contributed by atoms with E-state index in [1.165, 1.54) is 0 Å². The summed E-state index contributed by atoms with van der Waals surface area (Å²) >= 11 is 0. The van der Waals surface area contributed by atoms with Gasteiger partial charge in [-0.15, -0.1) is 0 Å². The van der Waals surface area contributed by atoms with Crippen molar-refractivity contribution < 1.29 is 19.5 Å². The summed E-state index contributed by atoms with van der Waals surface area (Å²) in [5.74, 6) is -1.40. The molecular weight excluding hydrogens is 162 g/mol. The van der Waals surface area contributed by atoms with Crippen molar-refractivity contribution in [3.05, 3.63) is 17.0 Å². The second kappa shape index (κ2) is 2.31. The van der Waals surface area contributed by atoms with Crippen LogP contribution in [0.4, 0.5) is 0 Å². The maximum atomic E-state index is 10.5. The van der Waals surface area contributed by atoms with Crippen molar-refractivity contribution in [3.8, 4) is 0 Å². The predicted molar refractivity (Wildman–Crippen MR) is 36.7 cm³/mol. The number of aromatic carboxylic acids is 1. The van der Waals surface area contributed by atoms with Gasteiger partial charge in [0, 0.05) is 0 Å². The van der Waals surface area contributed by atoms with E-state index in [1.807, 2.05) is 0 Å². The second-order valence-corrected chi connectivity index (χ2v) is 2.73. The molecule has 5 heteroatoms. The van der Waals surface area contributed by atoms with E-state index < -0.39 is 12.1 Å². The van der Waals surface area contributed by atoms with Gasteiger partial charge in [0.1, 0.15) is 0 Å². The number of aliphatic hydroxyl groups excluding tert-OH is 1. The number of hydrogen-bond donors (Lipinski definition) is 2. The first-order valence-electron chi connectivity index (χ1n) is 3.60. The summed E-state index contributed by atoms with van der Waals surface area (Å²) in [6.07, 6.45) is 0.402. The fraction of sp³-hybridized carbons (Fsp3) is 0.429. The lowest BCUT2D eigenvalue weighted by atomic mass is 10.2. The Balaban J connectivity index is 2.53. The van der Waals surface area contributed by atoms with Crippen LogP contribution < -0.4 is 0 Å². The average Bonchev–Trinajstić information content (AvgIpc) is 2.53. The van der Waals surface area contributed by atoms with Gasteiger partial charge in [-0.3, -0.25) is 0 Å². The normalized spacial score (nSPS) is 20.9. The molecule has 0 aromatic carbocycles. The Morgan fingerprint density at radius 3 is 3.08 bits per heavy atom. The number of aryl methyl sites for hydroxylation is 1. The van der Waals surface area contributed by atoms with Crippen molar-refractivity contribution in [3.63, 3.8) is 0 Å². The molecule has 1 atom stereocenters. The molecule has 0 fully saturated rings. The minimum Gasteiger partial charge on any atom is -0.475 e. The van der Waals surface area contributed by atoms with Crippen LogP contribution in [0.5, 0.6) is 0 Å². The first-order valence-corrected chi connectivity index (χ1v) is 3.60. The topological polar surface area (TPSA) is 83.6 Å². The largest absolute Gasteiger partial charge is 0.475 e. The van der Waals surface area contributed by atoms with Crippen LogP contribution in [0.25, 0.3) is 0 Å². The smallest absolute Gasteiger partial charge is 0.375 e. The molecule has 0 spiro atoms. The minimum atomic E-state index is -1.18. The SMILES string of the molecule is O=C(O)c1onc2c1C(O)CC2. The van der Waals surface area contributed by atoms with Crippen molar-refractivity contribution in [2.45, 2.75) is 18.9 Å². The highest BCUT2D eigenvalue weighted by molar-refractivity contribution is 5.86. The molecule has 0 aliphatic heterocycles. The van der Waals surface area contributed by atoms with E-state index in [0.29, 0.717) is 24.1 Å². The van der Waals surface area contributed by atoms with Crippen molar-refractivity contribution in [2.75, 3.05) is 0 Å². The molecule has 2 N–H and O–H groups in total. The Morgan fingerprint density at radius 1 is 1.67 bits per heavy atom. The lowest BCUT2D eigenvalue weighted by Crippen LogP contribution is -2.01. The molecule has 0 saturated carbocycles. The van der Waals surface area contributed by atoms with E-state index in [2.05, 4.69) is 9.68 Å². The van der Waals surface area contributed by atoms with E-state index in [4.69, 9.17) is 5.11 Å². The van der Waals surface area contributed by atoms with Crippen LogP contribution in [0.3, 0.4) is 0 Å². The molecule has 0 amide bonds. The number of nitrogens with zero attached hydrogens (tertiary/aromatic N) is 1. The molecule has 0 bridgehead atoms. The highest BCUT2D eigenvalue weighted by atomic mass is 16.5. The third-order valence-corrected chi connectivity index (χ3v) is 1.98. The summed E-state index contributed by atoms with van der Waals surface area (Å²) in [6, 6.07) is 0. The molecule has 1 heterocycles. The van der Waals surface area contributed by atoms with Gasteiger partial charge in [-0.25, -0.2) is 4.79 Å². The van der Waals surface area contributed by atoms with Gasteiger partial charge in [-0.05, 0) is 12.8 Å². The Kier molecular flexibility index (Phi) is 1.41. The van der Waals surface area contributed by atoms with Crippen molar-refractivity contribution in [1.29, 1.82) is 0 Å². The van der Waals surface area contributed by atoms with Crippen molar-refractivity contribution in [1.82, 2.24) is 5.16 Å². The van der Waals surface area contributed by atoms with Crippen LogP contribution in [-0.2, 0) is 6.42 Å². The van der Waals surface area contributed by atoms with E-state index in [1.54, 1.807) is 0 Å². The lowest BCUT2D eigenvalue weighted by molar-refractivity contribution is 0.0640. The average molecular weight is 169 g/mol. The number of fused-ring (bicyclic) bond motifs is 1. The van der Waals surface area contributed by atoms with Crippen LogP contribution in [0.1, 0.15) is 34.3 Å². The maximum Gasteiger partial charge on any atom is 0.375 e. The maximum absolute atomic E-state index is 10.5. The zero-order valence-corrected chi connectivity index (χ0v) is 6.15. The summed E-state index contributed by atoms with van der Waals surface area (Å²) in [6.45, 7) is 0. The molecule has 1 unspecified atom stereocenters. The molecule has 5 nitrogen and oxygen atoms in total. The standard InChI is InChI=1S/C7H7NO4/c9-4-2-1-3-5(4)6(7(10)11)12-8-3/h4,9H,1-2H2,(H,10,11). The van der Waals surface area contributed by atoms with Gasteiger partial charge in [0.2, 0.25) is 5.76 Å². The van der Waals surface area contributed by atoms with Gasteiger partial charge in [-0.2, -0.15) is 0 Å². The number of carboxylic acids is 1. The molecular formula is C7H7NO4. The number of rotatable bonds is 1. The molecule has 0 saturated heterocycles.